The quantitative estimate of drug-likeness (QED) is 0.816. The van der Waals surface area contributed by atoms with Gasteiger partial charge in [-0.3, -0.25) is 0 Å². The molecular weight excluding hydrogens is 274 g/mol. The van der Waals surface area contributed by atoms with Gasteiger partial charge in [0.2, 0.25) is 0 Å². The first-order chi connectivity index (χ1) is 10.3. The molecule has 0 saturated carbocycles. The van der Waals surface area contributed by atoms with Crippen LogP contribution in [-0.2, 0) is 25.7 Å². The van der Waals surface area contributed by atoms with Crippen LogP contribution in [0.5, 0.6) is 0 Å². The number of aryl methyl sites for hydroxylation is 3. The van der Waals surface area contributed by atoms with Gasteiger partial charge < -0.3 is 5.32 Å². The number of nitrogens with one attached hydrogen (secondary N) is 1. The van der Waals surface area contributed by atoms with Crippen molar-refractivity contribution >= 4 is 11.3 Å². The lowest BCUT2D eigenvalue weighted by atomic mass is 10.00. The summed E-state index contributed by atoms with van der Waals surface area (Å²) in [5, 5.41) is 3.66. The largest absolute Gasteiger partial charge is 0.309 e. The minimum atomic E-state index is 0.458. The van der Waals surface area contributed by atoms with E-state index in [1.807, 2.05) is 11.3 Å². The van der Waals surface area contributed by atoms with Gasteiger partial charge in [-0.15, -0.1) is 11.3 Å². The van der Waals surface area contributed by atoms with Gasteiger partial charge in [-0.05, 0) is 67.5 Å². The molecule has 0 amide bonds. The zero-order valence-corrected chi connectivity index (χ0v) is 13.9. The fourth-order valence-corrected chi connectivity index (χ4v) is 4.31. The summed E-state index contributed by atoms with van der Waals surface area (Å²) in [7, 11) is 0. The van der Waals surface area contributed by atoms with E-state index in [-0.39, 0.29) is 0 Å². The number of thiophene rings is 1. The maximum absolute atomic E-state index is 3.66. The summed E-state index contributed by atoms with van der Waals surface area (Å²) in [5.41, 5.74) is 4.64. The van der Waals surface area contributed by atoms with Gasteiger partial charge in [0.1, 0.15) is 0 Å². The molecule has 1 nitrogen and oxygen atoms in total. The Labute approximate surface area is 132 Å². The molecule has 0 aliphatic heterocycles. The summed E-state index contributed by atoms with van der Waals surface area (Å²) in [6.07, 6.45) is 6.12. The second-order valence-corrected chi connectivity index (χ2v) is 7.13. The Bertz CT molecular complexity index is 599. The number of likely N-dealkylation sites (N-methyl/N-ethyl adjacent to an activating group) is 1. The standard InChI is InChI=1S/C19H25NS/c1-3-17-10-11-19(21-17)18(20-4-2)13-14-8-9-15-6-5-7-16(15)12-14/h8-12,18,20H,3-7,13H2,1-2H3. The van der Waals surface area contributed by atoms with Crippen LogP contribution in [-0.4, -0.2) is 6.54 Å². The summed E-state index contributed by atoms with van der Waals surface area (Å²) in [6, 6.07) is 12.2. The lowest BCUT2D eigenvalue weighted by Gasteiger charge is -2.17. The fourth-order valence-electron chi connectivity index (χ4n) is 3.28. The van der Waals surface area contributed by atoms with Gasteiger partial charge in [0.25, 0.3) is 0 Å². The van der Waals surface area contributed by atoms with E-state index >= 15 is 0 Å². The molecule has 1 aliphatic carbocycles. The van der Waals surface area contributed by atoms with Crippen molar-refractivity contribution in [1.82, 2.24) is 5.32 Å². The molecule has 3 rings (SSSR count). The molecule has 0 spiro atoms. The first-order valence-electron chi connectivity index (χ1n) is 8.22. The van der Waals surface area contributed by atoms with Crippen LogP contribution in [0.25, 0.3) is 0 Å². The second kappa shape index (κ2) is 6.76. The average Bonchev–Trinajstić information content (AvgIpc) is 3.15. The van der Waals surface area contributed by atoms with Crippen molar-refractivity contribution in [2.75, 3.05) is 6.54 Å². The van der Waals surface area contributed by atoms with E-state index in [1.165, 1.54) is 34.6 Å². The Hall–Kier alpha value is -1.12. The SMILES string of the molecule is CCNC(Cc1ccc2c(c1)CCC2)c1ccc(CC)s1. The van der Waals surface area contributed by atoms with E-state index in [0.717, 1.165) is 19.4 Å². The van der Waals surface area contributed by atoms with Crippen molar-refractivity contribution in [2.45, 2.75) is 52.0 Å². The molecule has 0 saturated heterocycles. The molecule has 1 aromatic heterocycles. The molecule has 0 bridgehead atoms. The number of hydrogen-bond donors (Lipinski definition) is 1. The lowest BCUT2D eigenvalue weighted by molar-refractivity contribution is 0.558. The van der Waals surface area contributed by atoms with Crippen LogP contribution in [0.2, 0.25) is 0 Å². The molecule has 0 fully saturated rings. The molecule has 1 heterocycles. The molecule has 0 radical (unpaired) electrons. The molecule has 1 N–H and O–H groups in total. The first-order valence-corrected chi connectivity index (χ1v) is 9.04. The Morgan fingerprint density at radius 3 is 2.71 bits per heavy atom. The van der Waals surface area contributed by atoms with Crippen LogP contribution in [0, 0.1) is 0 Å². The molecule has 1 aromatic carbocycles. The Kier molecular flexibility index (Phi) is 4.77. The lowest BCUT2D eigenvalue weighted by Crippen LogP contribution is -2.22. The maximum Gasteiger partial charge on any atom is 0.0455 e. The normalized spacial score (nSPS) is 15.1. The van der Waals surface area contributed by atoms with Crippen molar-refractivity contribution in [1.29, 1.82) is 0 Å². The summed E-state index contributed by atoms with van der Waals surface area (Å²) in [6.45, 7) is 5.46. The van der Waals surface area contributed by atoms with Crippen molar-refractivity contribution in [3.63, 3.8) is 0 Å². The van der Waals surface area contributed by atoms with Crippen molar-refractivity contribution in [3.8, 4) is 0 Å². The summed E-state index contributed by atoms with van der Waals surface area (Å²) in [4.78, 5) is 2.97. The Morgan fingerprint density at radius 1 is 1.10 bits per heavy atom. The average molecular weight is 299 g/mol. The van der Waals surface area contributed by atoms with E-state index in [2.05, 4.69) is 49.5 Å². The second-order valence-electron chi connectivity index (χ2n) is 5.93. The maximum atomic E-state index is 3.66. The first kappa shape index (κ1) is 14.8. The highest BCUT2D eigenvalue weighted by atomic mass is 32.1. The number of fused-ring (bicyclic) bond motifs is 1. The minimum absolute atomic E-state index is 0.458. The molecule has 1 unspecified atom stereocenters. The third-order valence-corrected chi connectivity index (χ3v) is 5.77. The molecular formula is C19H25NS. The summed E-state index contributed by atoms with van der Waals surface area (Å²) in [5.74, 6) is 0. The summed E-state index contributed by atoms with van der Waals surface area (Å²) >= 11 is 1.96. The van der Waals surface area contributed by atoms with Crippen molar-refractivity contribution in [3.05, 3.63) is 56.8 Å². The van der Waals surface area contributed by atoms with E-state index in [1.54, 1.807) is 11.1 Å². The molecule has 2 aromatic rings. The third-order valence-electron chi connectivity index (χ3n) is 4.43. The molecule has 21 heavy (non-hydrogen) atoms. The molecule has 112 valence electrons. The van der Waals surface area contributed by atoms with E-state index in [9.17, 15) is 0 Å². The van der Waals surface area contributed by atoms with E-state index < -0.39 is 0 Å². The van der Waals surface area contributed by atoms with Gasteiger partial charge >= 0.3 is 0 Å². The van der Waals surface area contributed by atoms with Crippen LogP contribution in [0.15, 0.2) is 30.3 Å². The van der Waals surface area contributed by atoms with Crippen LogP contribution in [0.3, 0.4) is 0 Å². The molecule has 1 atom stereocenters. The van der Waals surface area contributed by atoms with Gasteiger partial charge in [0.15, 0.2) is 0 Å². The highest BCUT2D eigenvalue weighted by Gasteiger charge is 2.16. The van der Waals surface area contributed by atoms with Gasteiger partial charge in [-0.2, -0.15) is 0 Å². The van der Waals surface area contributed by atoms with Crippen LogP contribution in [0.4, 0.5) is 0 Å². The third kappa shape index (κ3) is 3.38. The smallest absolute Gasteiger partial charge is 0.0455 e. The zero-order valence-electron chi connectivity index (χ0n) is 13.1. The highest BCUT2D eigenvalue weighted by Crippen LogP contribution is 2.29. The minimum Gasteiger partial charge on any atom is -0.309 e. The topological polar surface area (TPSA) is 12.0 Å². The zero-order chi connectivity index (χ0) is 14.7. The molecule has 2 heteroatoms. The van der Waals surface area contributed by atoms with Crippen molar-refractivity contribution in [2.24, 2.45) is 0 Å². The van der Waals surface area contributed by atoms with Gasteiger partial charge in [-0.25, -0.2) is 0 Å². The number of rotatable bonds is 6. The predicted molar refractivity (Wildman–Crippen MR) is 92.3 cm³/mol. The van der Waals surface area contributed by atoms with Gasteiger partial charge in [0, 0.05) is 15.8 Å². The van der Waals surface area contributed by atoms with Gasteiger partial charge in [0.05, 0.1) is 0 Å². The van der Waals surface area contributed by atoms with Crippen LogP contribution < -0.4 is 5.32 Å². The van der Waals surface area contributed by atoms with Crippen LogP contribution >= 0.6 is 11.3 Å². The van der Waals surface area contributed by atoms with Crippen molar-refractivity contribution < 1.29 is 0 Å². The fraction of sp³-hybridized carbons (Fsp3) is 0.474. The Balaban J connectivity index is 1.78. The predicted octanol–water partition coefficient (Wildman–Crippen LogP) is 4.69. The van der Waals surface area contributed by atoms with Crippen LogP contribution in [0.1, 0.15) is 52.8 Å². The monoisotopic (exact) mass is 299 g/mol. The number of benzene rings is 1. The van der Waals surface area contributed by atoms with Gasteiger partial charge in [-0.1, -0.05) is 32.0 Å². The number of hydrogen-bond acceptors (Lipinski definition) is 2. The highest BCUT2D eigenvalue weighted by molar-refractivity contribution is 7.12. The summed E-state index contributed by atoms with van der Waals surface area (Å²) < 4.78 is 0. The van der Waals surface area contributed by atoms with E-state index in [4.69, 9.17) is 0 Å². The molecule has 1 aliphatic rings. The Morgan fingerprint density at radius 2 is 1.95 bits per heavy atom. The van der Waals surface area contributed by atoms with E-state index in [0.29, 0.717) is 6.04 Å².